The van der Waals surface area contributed by atoms with Gasteiger partial charge in [0.05, 0.1) is 15.2 Å². The zero-order valence-corrected chi connectivity index (χ0v) is 10.3. The molecule has 2 N–H and O–H groups in total. The summed E-state index contributed by atoms with van der Waals surface area (Å²) in [7, 11) is 0. The molecule has 0 amide bonds. The molecule has 0 aliphatic rings. The van der Waals surface area contributed by atoms with E-state index in [9.17, 15) is 0 Å². The maximum Gasteiger partial charge on any atom is 0.0907 e. The van der Waals surface area contributed by atoms with Crippen molar-refractivity contribution < 1.29 is 0 Å². The number of hydrogen-bond acceptors (Lipinski definition) is 3. The van der Waals surface area contributed by atoms with Gasteiger partial charge in [0.15, 0.2) is 0 Å². The third-order valence-corrected chi connectivity index (χ3v) is 3.69. The van der Waals surface area contributed by atoms with E-state index >= 15 is 0 Å². The average molecular weight is 240 g/mol. The molecule has 0 radical (unpaired) electrons. The van der Waals surface area contributed by atoms with Crippen LogP contribution in [0.25, 0.3) is 21.3 Å². The molecule has 2 aromatic carbocycles. The number of nitrogens with two attached hydrogens (primary N) is 1. The van der Waals surface area contributed by atoms with Crippen LogP contribution in [0.5, 0.6) is 0 Å². The van der Waals surface area contributed by atoms with Crippen molar-refractivity contribution in [2.45, 2.75) is 6.92 Å². The lowest BCUT2D eigenvalue weighted by Gasteiger charge is -2.05. The fourth-order valence-corrected chi connectivity index (χ4v) is 2.82. The number of hydrogen-bond donors (Lipinski definition) is 1. The molecule has 3 aromatic rings. The van der Waals surface area contributed by atoms with Gasteiger partial charge >= 0.3 is 0 Å². The van der Waals surface area contributed by atoms with Crippen LogP contribution in [0.3, 0.4) is 0 Å². The summed E-state index contributed by atoms with van der Waals surface area (Å²) >= 11 is 1.70. The summed E-state index contributed by atoms with van der Waals surface area (Å²) < 4.78 is 1.19. The monoisotopic (exact) mass is 240 g/mol. The van der Waals surface area contributed by atoms with Gasteiger partial charge in [0.2, 0.25) is 0 Å². The van der Waals surface area contributed by atoms with Crippen molar-refractivity contribution in [3.63, 3.8) is 0 Å². The van der Waals surface area contributed by atoms with Crippen molar-refractivity contribution in [3.8, 4) is 11.1 Å². The lowest BCUT2D eigenvalue weighted by molar-refractivity contribution is 1.35. The van der Waals surface area contributed by atoms with Gasteiger partial charge in [-0.2, -0.15) is 0 Å². The molecule has 0 aliphatic carbocycles. The molecule has 0 spiro atoms. The Morgan fingerprint density at radius 1 is 1.12 bits per heavy atom. The summed E-state index contributed by atoms with van der Waals surface area (Å²) in [5.41, 5.74) is 10.1. The Hall–Kier alpha value is -1.87. The van der Waals surface area contributed by atoms with Crippen molar-refractivity contribution in [3.05, 3.63) is 47.5 Å². The molecule has 0 atom stereocenters. The first-order valence-electron chi connectivity index (χ1n) is 5.46. The smallest absolute Gasteiger partial charge is 0.0907 e. The summed E-state index contributed by atoms with van der Waals surface area (Å²) in [6.45, 7) is 2.02. The highest BCUT2D eigenvalue weighted by atomic mass is 32.1. The number of benzene rings is 2. The van der Waals surface area contributed by atoms with Crippen LogP contribution < -0.4 is 5.73 Å². The summed E-state index contributed by atoms with van der Waals surface area (Å²) in [4.78, 5) is 4.45. The van der Waals surface area contributed by atoms with Gasteiger partial charge in [0, 0.05) is 11.3 Å². The fraction of sp³-hybridized carbons (Fsp3) is 0.0714. The first-order valence-corrected chi connectivity index (χ1v) is 6.28. The third-order valence-electron chi connectivity index (χ3n) is 2.75. The van der Waals surface area contributed by atoms with E-state index < -0.39 is 0 Å². The molecule has 0 aliphatic heterocycles. The van der Waals surface area contributed by atoms with Gasteiger partial charge in [-0.3, -0.25) is 0 Å². The average Bonchev–Trinajstić information content (AvgIpc) is 2.68. The van der Waals surface area contributed by atoms with Gasteiger partial charge < -0.3 is 5.73 Å². The van der Waals surface area contributed by atoms with Gasteiger partial charge in [0.1, 0.15) is 0 Å². The van der Waals surface area contributed by atoms with Gasteiger partial charge in [-0.05, 0) is 24.6 Å². The van der Waals surface area contributed by atoms with E-state index in [0.29, 0.717) is 0 Å². The molecule has 0 unspecified atom stereocenters. The minimum atomic E-state index is 0.786. The molecule has 0 fully saturated rings. The first kappa shape index (κ1) is 10.3. The number of anilines is 1. The molecule has 0 bridgehead atoms. The van der Waals surface area contributed by atoms with Gasteiger partial charge in [-0.25, -0.2) is 4.98 Å². The van der Waals surface area contributed by atoms with Crippen LogP contribution in [0.1, 0.15) is 5.01 Å². The summed E-state index contributed by atoms with van der Waals surface area (Å²) in [6.07, 6.45) is 0. The highest BCUT2D eigenvalue weighted by Gasteiger charge is 2.07. The van der Waals surface area contributed by atoms with Crippen LogP contribution in [-0.2, 0) is 0 Å². The molecular formula is C14H12N2S. The molecule has 1 heterocycles. The largest absolute Gasteiger partial charge is 0.398 e. The standard InChI is InChI=1S/C14H12N2S/c1-9-16-13-8-12(15)11(7-14(13)17-9)10-5-3-2-4-6-10/h2-8H,15H2,1H3. The minimum absolute atomic E-state index is 0.786. The van der Waals surface area contributed by atoms with Crippen LogP contribution in [0.15, 0.2) is 42.5 Å². The molecule has 3 heteroatoms. The second kappa shape index (κ2) is 3.86. The Kier molecular flexibility index (Phi) is 2.34. The van der Waals surface area contributed by atoms with Crippen LogP contribution in [0, 0.1) is 6.92 Å². The highest BCUT2D eigenvalue weighted by molar-refractivity contribution is 7.18. The SMILES string of the molecule is Cc1nc2cc(N)c(-c3ccccc3)cc2s1. The Bertz CT molecular complexity index is 671. The lowest BCUT2D eigenvalue weighted by Crippen LogP contribution is -1.89. The molecule has 84 valence electrons. The quantitative estimate of drug-likeness (QED) is 0.656. The van der Waals surface area contributed by atoms with Crippen molar-refractivity contribution in [2.75, 3.05) is 5.73 Å². The molecule has 2 nitrogen and oxygen atoms in total. The van der Waals surface area contributed by atoms with E-state index in [1.165, 1.54) is 4.70 Å². The van der Waals surface area contributed by atoms with E-state index in [2.05, 4.69) is 23.2 Å². The van der Waals surface area contributed by atoms with Crippen molar-refractivity contribution in [1.29, 1.82) is 0 Å². The van der Waals surface area contributed by atoms with E-state index in [4.69, 9.17) is 5.73 Å². The van der Waals surface area contributed by atoms with Crippen LogP contribution in [0.4, 0.5) is 5.69 Å². The van der Waals surface area contributed by atoms with E-state index in [1.54, 1.807) is 11.3 Å². The van der Waals surface area contributed by atoms with Gasteiger partial charge in [-0.15, -0.1) is 11.3 Å². The number of thiazole rings is 1. The predicted octanol–water partition coefficient (Wildman–Crippen LogP) is 3.85. The molecule has 17 heavy (non-hydrogen) atoms. The number of rotatable bonds is 1. The predicted molar refractivity (Wildman–Crippen MR) is 74.2 cm³/mol. The van der Waals surface area contributed by atoms with Crippen molar-refractivity contribution in [1.82, 2.24) is 4.98 Å². The van der Waals surface area contributed by atoms with E-state index in [1.807, 2.05) is 31.2 Å². The number of aryl methyl sites for hydroxylation is 1. The normalized spacial score (nSPS) is 10.9. The zero-order chi connectivity index (χ0) is 11.8. The van der Waals surface area contributed by atoms with E-state index in [-0.39, 0.29) is 0 Å². The van der Waals surface area contributed by atoms with Crippen LogP contribution in [-0.4, -0.2) is 4.98 Å². The summed E-state index contributed by atoms with van der Waals surface area (Å²) in [6, 6.07) is 14.3. The van der Waals surface area contributed by atoms with Crippen molar-refractivity contribution in [2.24, 2.45) is 0 Å². The summed E-state index contributed by atoms with van der Waals surface area (Å²) in [5.74, 6) is 0. The third kappa shape index (κ3) is 1.78. The number of aromatic nitrogens is 1. The Balaban J connectivity index is 2.26. The fourth-order valence-electron chi connectivity index (χ4n) is 1.97. The Labute approximate surface area is 104 Å². The maximum absolute atomic E-state index is 6.09. The van der Waals surface area contributed by atoms with Crippen molar-refractivity contribution >= 4 is 27.2 Å². The minimum Gasteiger partial charge on any atom is -0.398 e. The number of nitrogen functional groups attached to an aromatic ring is 1. The second-order valence-electron chi connectivity index (χ2n) is 4.01. The lowest BCUT2D eigenvalue weighted by atomic mass is 10.0. The first-order chi connectivity index (χ1) is 8.24. The zero-order valence-electron chi connectivity index (χ0n) is 9.47. The highest BCUT2D eigenvalue weighted by Crippen LogP contribution is 2.32. The van der Waals surface area contributed by atoms with Crippen LogP contribution in [0.2, 0.25) is 0 Å². The molecule has 0 saturated carbocycles. The summed E-state index contributed by atoms with van der Waals surface area (Å²) in [5, 5.41) is 1.07. The second-order valence-corrected chi connectivity index (χ2v) is 5.24. The Morgan fingerprint density at radius 2 is 1.88 bits per heavy atom. The van der Waals surface area contributed by atoms with E-state index in [0.717, 1.165) is 27.3 Å². The maximum atomic E-state index is 6.09. The van der Waals surface area contributed by atoms with Crippen LogP contribution >= 0.6 is 11.3 Å². The Morgan fingerprint density at radius 3 is 2.65 bits per heavy atom. The van der Waals surface area contributed by atoms with Gasteiger partial charge in [-0.1, -0.05) is 30.3 Å². The van der Waals surface area contributed by atoms with Gasteiger partial charge in [0.25, 0.3) is 0 Å². The molecule has 0 saturated heterocycles. The molecular weight excluding hydrogens is 228 g/mol. The topological polar surface area (TPSA) is 38.9 Å². The molecule has 1 aromatic heterocycles. The number of nitrogens with zero attached hydrogens (tertiary/aromatic N) is 1. The molecule has 3 rings (SSSR count). The number of fused-ring (bicyclic) bond motifs is 1.